The zero-order valence-electron chi connectivity index (χ0n) is 18.3. The fraction of sp³-hybridized carbons (Fsp3) is 0.524. The number of rotatable bonds is 8. The lowest BCUT2D eigenvalue weighted by Crippen LogP contribution is -2.41. The maximum atomic E-state index is 12.9. The maximum Gasteiger partial charge on any atom is 0.573 e. The van der Waals surface area contributed by atoms with E-state index in [1.165, 1.54) is 23.5 Å². The molecule has 0 unspecified atom stereocenters. The van der Waals surface area contributed by atoms with E-state index >= 15 is 0 Å². The summed E-state index contributed by atoms with van der Waals surface area (Å²) < 4.78 is 47.9. The van der Waals surface area contributed by atoms with Crippen LogP contribution in [0.1, 0.15) is 28.2 Å². The summed E-state index contributed by atoms with van der Waals surface area (Å²) in [5.74, 6) is -1.46. The second-order valence-electron chi connectivity index (χ2n) is 7.97. The summed E-state index contributed by atoms with van der Waals surface area (Å²) in [6.45, 7) is 3.82. The molecule has 184 valence electrons. The molecule has 2 aliphatic rings. The Bertz CT molecular complexity index is 1020. The van der Waals surface area contributed by atoms with Gasteiger partial charge in [0.2, 0.25) is 11.0 Å². The van der Waals surface area contributed by atoms with E-state index in [0.717, 1.165) is 37.1 Å². The van der Waals surface area contributed by atoms with E-state index in [1.807, 2.05) is 4.90 Å². The smallest absolute Gasteiger partial charge is 0.404 e. The van der Waals surface area contributed by atoms with Crippen LogP contribution in [-0.2, 0) is 16.0 Å². The van der Waals surface area contributed by atoms with Gasteiger partial charge in [-0.05, 0) is 31.0 Å². The van der Waals surface area contributed by atoms with E-state index in [2.05, 4.69) is 25.2 Å². The number of hydrogen-bond acceptors (Lipinski definition) is 9. The molecule has 34 heavy (non-hydrogen) atoms. The monoisotopic (exact) mass is 499 g/mol. The van der Waals surface area contributed by atoms with Gasteiger partial charge in [-0.2, -0.15) is 0 Å². The number of halogens is 3. The standard InChI is InChI=1S/C21H24F3N5O4S/c22-21(23,24)33-17-4-3-14(11-15(17)25-18(31)13-28-7-9-32-10-8-28)16(30)12-19-26-27-20(34-19)29-5-1-2-6-29/h3-4,11H,1-2,5-10,12-13H2,(H,25,31). The zero-order chi connectivity index (χ0) is 24.1. The number of carbonyl (C=O) groups excluding carboxylic acids is 2. The number of amides is 1. The van der Waals surface area contributed by atoms with E-state index in [1.54, 1.807) is 0 Å². The second kappa shape index (κ2) is 10.7. The number of ether oxygens (including phenoxy) is 2. The quantitative estimate of drug-likeness (QED) is 0.554. The van der Waals surface area contributed by atoms with Crippen LogP contribution in [0.25, 0.3) is 0 Å². The van der Waals surface area contributed by atoms with Crippen molar-refractivity contribution in [3.63, 3.8) is 0 Å². The highest BCUT2D eigenvalue weighted by Gasteiger charge is 2.33. The van der Waals surface area contributed by atoms with Crippen LogP contribution in [0.3, 0.4) is 0 Å². The summed E-state index contributed by atoms with van der Waals surface area (Å²) >= 11 is 1.32. The molecule has 0 aliphatic carbocycles. The Morgan fingerprint density at radius 3 is 2.56 bits per heavy atom. The van der Waals surface area contributed by atoms with Gasteiger partial charge in [-0.25, -0.2) is 0 Å². The van der Waals surface area contributed by atoms with Crippen molar-refractivity contribution < 1.29 is 32.2 Å². The van der Waals surface area contributed by atoms with E-state index in [9.17, 15) is 22.8 Å². The van der Waals surface area contributed by atoms with Crippen molar-refractivity contribution in [3.05, 3.63) is 28.8 Å². The van der Waals surface area contributed by atoms with Gasteiger partial charge in [0.25, 0.3) is 0 Å². The third-order valence-electron chi connectivity index (χ3n) is 5.42. The Hall–Kier alpha value is -2.77. The molecular formula is C21H24F3N5O4S. The van der Waals surface area contributed by atoms with Crippen molar-refractivity contribution >= 4 is 33.8 Å². The molecule has 0 spiro atoms. The minimum absolute atomic E-state index is 0.0168. The van der Waals surface area contributed by atoms with Gasteiger partial charge < -0.3 is 19.7 Å². The molecule has 9 nitrogen and oxygen atoms in total. The Labute approximate surface area is 197 Å². The Morgan fingerprint density at radius 2 is 1.85 bits per heavy atom. The molecule has 13 heteroatoms. The molecule has 2 aromatic rings. The lowest BCUT2D eigenvalue weighted by atomic mass is 10.1. The second-order valence-corrected chi connectivity index (χ2v) is 9.01. The fourth-order valence-corrected chi connectivity index (χ4v) is 4.65. The summed E-state index contributed by atoms with van der Waals surface area (Å²) in [6, 6.07) is 3.47. The van der Waals surface area contributed by atoms with Crippen molar-refractivity contribution in [3.8, 4) is 5.75 Å². The molecule has 1 aromatic heterocycles. The van der Waals surface area contributed by atoms with E-state index in [-0.39, 0.29) is 30.0 Å². The van der Waals surface area contributed by atoms with Crippen LogP contribution in [0, 0.1) is 0 Å². The number of aromatic nitrogens is 2. The lowest BCUT2D eigenvalue weighted by molar-refractivity contribution is -0.274. The normalized spacial score (nSPS) is 17.1. The molecule has 1 amide bonds. The van der Waals surface area contributed by atoms with Crippen LogP contribution in [0.5, 0.6) is 5.75 Å². The molecule has 2 aliphatic heterocycles. The van der Waals surface area contributed by atoms with Crippen molar-refractivity contribution in [1.82, 2.24) is 15.1 Å². The molecule has 2 saturated heterocycles. The predicted molar refractivity (Wildman–Crippen MR) is 118 cm³/mol. The highest BCUT2D eigenvalue weighted by Crippen LogP contribution is 2.32. The van der Waals surface area contributed by atoms with Crippen molar-refractivity contribution in [2.75, 3.05) is 56.2 Å². The molecule has 0 atom stereocenters. The van der Waals surface area contributed by atoms with E-state index in [4.69, 9.17) is 4.74 Å². The molecule has 4 rings (SSSR count). The van der Waals surface area contributed by atoms with Crippen LogP contribution in [0.2, 0.25) is 0 Å². The largest absolute Gasteiger partial charge is 0.573 e. The Balaban J connectivity index is 1.47. The number of nitrogens with one attached hydrogen (secondary N) is 1. The van der Waals surface area contributed by atoms with Crippen molar-refractivity contribution in [1.29, 1.82) is 0 Å². The molecule has 3 heterocycles. The highest BCUT2D eigenvalue weighted by atomic mass is 32.1. The van der Waals surface area contributed by atoms with Gasteiger partial charge >= 0.3 is 6.36 Å². The number of Topliss-reactive ketones (excluding diaryl/α,β-unsaturated/α-hetero) is 1. The van der Waals surface area contributed by atoms with Crippen LogP contribution >= 0.6 is 11.3 Å². The summed E-state index contributed by atoms with van der Waals surface area (Å²) in [7, 11) is 0. The minimum atomic E-state index is -4.95. The molecule has 1 aromatic carbocycles. The van der Waals surface area contributed by atoms with E-state index < -0.39 is 18.0 Å². The van der Waals surface area contributed by atoms with Crippen LogP contribution in [0.4, 0.5) is 24.0 Å². The average molecular weight is 500 g/mol. The van der Waals surface area contributed by atoms with Crippen LogP contribution in [-0.4, -0.2) is 79.1 Å². The molecule has 0 bridgehead atoms. The van der Waals surface area contributed by atoms with Gasteiger partial charge in [0.05, 0.1) is 31.9 Å². The molecular weight excluding hydrogens is 475 g/mol. The molecule has 1 N–H and O–H groups in total. The fourth-order valence-electron chi connectivity index (χ4n) is 3.76. The first-order valence-electron chi connectivity index (χ1n) is 10.9. The molecule has 0 radical (unpaired) electrons. The summed E-state index contributed by atoms with van der Waals surface area (Å²) in [6.07, 6.45) is -2.83. The number of anilines is 2. The summed E-state index contributed by atoms with van der Waals surface area (Å²) in [5, 5.41) is 11.9. The van der Waals surface area contributed by atoms with Gasteiger partial charge in [0.15, 0.2) is 11.5 Å². The number of nitrogens with zero attached hydrogens (tertiary/aromatic N) is 4. The average Bonchev–Trinajstić information content (AvgIpc) is 3.46. The van der Waals surface area contributed by atoms with Gasteiger partial charge in [-0.15, -0.1) is 23.4 Å². The van der Waals surface area contributed by atoms with Crippen molar-refractivity contribution in [2.45, 2.75) is 25.6 Å². The van der Waals surface area contributed by atoms with Gasteiger partial charge in [0.1, 0.15) is 5.01 Å². The number of hydrogen-bond donors (Lipinski definition) is 1. The Kier molecular flexibility index (Phi) is 7.63. The number of morpholine rings is 1. The van der Waals surface area contributed by atoms with E-state index in [0.29, 0.717) is 31.3 Å². The maximum absolute atomic E-state index is 12.9. The summed E-state index contributed by atoms with van der Waals surface area (Å²) in [5.41, 5.74) is -0.0921. The number of alkyl halides is 3. The minimum Gasteiger partial charge on any atom is -0.404 e. The SMILES string of the molecule is O=C(CN1CCOCC1)Nc1cc(C(=O)Cc2nnc(N3CCCC3)s2)ccc1OC(F)(F)F. The topological polar surface area (TPSA) is 96.9 Å². The first-order valence-corrected chi connectivity index (χ1v) is 11.7. The Morgan fingerprint density at radius 1 is 1.12 bits per heavy atom. The van der Waals surface area contributed by atoms with Gasteiger partial charge in [0, 0.05) is 31.7 Å². The number of benzene rings is 1. The van der Waals surface area contributed by atoms with Crippen LogP contribution < -0.4 is 15.0 Å². The van der Waals surface area contributed by atoms with Crippen molar-refractivity contribution in [2.24, 2.45) is 0 Å². The molecule has 0 saturated carbocycles. The highest BCUT2D eigenvalue weighted by molar-refractivity contribution is 7.15. The third-order valence-corrected chi connectivity index (χ3v) is 6.40. The lowest BCUT2D eigenvalue weighted by Gasteiger charge is -2.26. The van der Waals surface area contributed by atoms with Gasteiger partial charge in [-0.3, -0.25) is 14.5 Å². The number of carbonyl (C=O) groups is 2. The predicted octanol–water partition coefficient (Wildman–Crippen LogP) is 2.73. The van der Waals surface area contributed by atoms with Gasteiger partial charge in [-0.1, -0.05) is 11.3 Å². The van der Waals surface area contributed by atoms with Crippen LogP contribution in [0.15, 0.2) is 18.2 Å². The number of ketones is 1. The third kappa shape index (κ3) is 6.64. The first-order chi connectivity index (χ1) is 16.3. The summed E-state index contributed by atoms with van der Waals surface area (Å²) in [4.78, 5) is 29.2. The molecule has 2 fully saturated rings. The zero-order valence-corrected chi connectivity index (χ0v) is 19.1. The first kappa shape index (κ1) is 24.4.